The minimum atomic E-state index is -0.146. The number of morpholine rings is 1. The Kier molecular flexibility index (Phi) is 3.80. The molecule has 4 rings (SSSR count). The summed E-state index contributed by atoms with van der Waals surface area (Å²) in [6.45, 7) is 11.2. The third-order valence-electron chi connectivity index (χ3n) is 6.39. The highest BCUT2D eigenvalue weighted by Crippen LogP contribution is 2.41. The van der Waals surface area contributed by atoms with Crippen LogP contribution in [-0.2, 0) is 9.47 Å². The molecule has 4 bridgehead atoms. The second kappa shape index (κ2) is 5.44. The monoisotopic (exact) mass is 308 g/mol. The maximum atomic E-state index is 6.67. The maximum Gasteiger partial charge on any atom is 0.116 e. The van der Waals surface area contributed by atoms with Crippen molar-refractivity contribution >= 4 is 0 Å². The average Bonchev–Trinajstić information content (AvgIpc) is 3.12. The van der Waals surface area contributed by atoms with Crippen LogP contribution in [0.3, 0.4) is 0 Å². The Morgan fingerprint density at radius 1 is 1.05 bits per heavy atom. The zero-order valence-corrected chi connectivity index (χ0v) is 14.6. The number of piperidine rings is 1. The minimum Gasteiger partial charge on any atom is -0.375 e. The largest absolute Gasteiger partial charge is 0.375 e. The fourth-order valence-corrected chi connectivity index (χ4v) is 5.64. The predicted octanol–water partition coefficient (Wildman–Crippen LogP) is 2.62. The molecule has 4 heteroatoms. The van der Waals surface area contributed by atoms with Gasteiger partial charge in [-0.3, -0.25) is 9.80 Å². The van der Waals surface area contributed by atoms with Crippen LogP contribution < -0.4 is 0 Å². The van der Waals surface area contributed by atoms with Crippen LogP contribution in [-0.4, -0.2) is 65.1 Å². The van der Waals surface area contributed by atoms with Crippen LogP contribution >= 0.6 is 0 Å². The lowest BCUT2D eigenvalue weighted by atomic mass is 9.97. The van der Waals surface area contributed by atoms with Crippen molar-refractivity contribution in [3.63, 3.8) is 0 Å². The van der Waals surface area contributed by atoms with Gasteiger partial charge < -0.3 is 9.47 Å². The topological polar surface area (TPSA) is 24.9 Å². The Morgan fingerprint density at radius 2 is 1.73 bits per heavy atom. The SMILES string of the molecule is CC(C)N1C2CCC1CC(OC(C)(C)N1CC3CC1CO3)C2. The van der Waals surface area contributed by atoms with E-state index in [-0.39, 0.29) is 5.72 Å². The van der Waals surface area contributed by atoms with Crippen LogP contribution in [0.5, 0.6) is 0 Å². The lowest BCUT2D eigenvalue weighted by Gasteiger charge is -2.47. The molecule has 4 unspecified atom stereocenters. The van der Waals surface area contributed by atoms with Crippen LogP contribution in [0, 0.1) is 0 Å². The molecule has 0 spiro atoms. The standard InChI is InChI=1S/C18H32N2O2/c1-12(2)20-13-5-6-14(20)8-16(7-13)22-18(3,4)19-10-17-9-15(19)11-21-17/h12-17H,5-11H2,1-4H3. The summed E-state index contributed by atoms with van der Waals surface area (Å²) < 4.78 is 12.4. The zero-order chi connectivity index (χ0) is 15.5. The van der Waals surface area contributed by atoms with Crippen molar-refractivity contribution in [3.8, 4) is 0 Å². The third kappa shape index (κ3) is 2.52. The van der Waals surface area contributed by atoms with Crippen molar-refractivity contribution in [1.29, 1.82) is 0 Å². The summed E-state index contributed by atoms with van der Waals surface area (Å²) in [5.41, 5.74) is -0.146. The second-order valence-electron chi connectivity index (χ2n) is 8.58. The first kappa shape index (κ1) is 15.4. The zero-order valence-electron chi connectivity index (χ0n) is 14.6. The lowest BCUT2D eigenvalue weighted by Crippen LogP contribution is -2.56. The van der Waals surface area contributed by atoms with Gasteiger partial charge in [0.25, 0.3) is 0 Å². The number of nitrogens with zero attached hydrogens (tertiary/aromatic N) is 2. The molecule has 0 radical (unpaired) electrons. The number of fused-ring (bicyclic) bond motifs is 4. The van der Waals surface area contributed by atoms with Gasteiger partial charge in [0.1, 0.15) is 5.72 Å². The molecule has 4 saturated heterocycles. The average molecular weight is 308 g/mol. The van der Waals surface area contributed by atoms with Gasteiger partial charge in [-0.05, 0) is 59.8 Å². The third-order valence-corrected chi connectivity index (χ3v) is 6.39. The number of ether oxygens (including phenoxy) is 2. The first-order valence-electron chi connectivity index (χ1n) is 9.27. The molecule has 0 aromatic carbocycles. The number of likely N-dealkylation sites (tertiary alicyclic amines) is 1. The van der Waals surface area contributed by atoms with Gasteiger partial charge in [0.15, 0.2) is 0 Å². The quantitative estimate of drug-likeness (QED) is 0.797. The number of hydrogen-bond acceptors (Lipinski definition) is 4. The van der Waals surface area contributed by atoms with Gasteiger partial charge in [-0.1, -0.05) is 0 Å². The van der Waals surface area contributed by atoms with Crippen LogP contribution in [0.1, 0.15) is 59.8 Å². The first-order chi connectivity index (χ1) is 10.4. The molecule has 0 aromatic rings. The van der Waals surface area contributed by atoms with E-state index in [1.54, 1.807) is 0 Å². The summed E-state index contributed by atoms with van der Waals surface area (Å²) in [5.74, 6) is 0. The highest BCUT2D eigenvalue weighted by Gasteiger charge is 2.48. The Balaban J connectivity index is 1.40. The highest BCUT2D eigenvalue weighted by molar-refractivity contribution is 4.99. The normalized spacial score (nSPS) is 42.7. The van der Waals surface area contributed by atoms with E-state index in [9.17, 15) is 0 Å². The van der Waals surface area contributed by atoms with E-state index < -0.39 is 0 Å². The summed E-state index contributed by atoms with van der Waals surface area (Å²) in [6, 6.07) is 2.75. The van der Waals surface area contributed by atoms with Gasteiger partial charge in [0.05, 0.1) is 18.8 Å². The summed E-state index contributed by atoms with van der Waals surface area (Å²) in [7, 11) is 0. The van der Waals surface area contributed by atoms with Gasteiger partial charge >= 0.3 is 0 Å². The molecule has 4 aliphatic heterocycles. The van der Waals surface area contributed by atoms with Crippen molar-refractivity contribution in [2.75, 3.05) is 13.2 Å². The van der Waals surface area contributed by atoms with E-state index >= 15 is 0 Å². The molecule has 0 aromatic heterocycles. The Morgan fingerprint density at radius 3 is 2.23 bits per heavy atom. The molecule has 0 saturated carbocycles. The van der Waals surface area contributed by atoms with Crippen molar-refractivity contribution in [1.82, 2.24) is 9.80 Å². The summed E-state index contributed by atoms with van der Waals surface area (Å²) >= 11 is 0. The molecule has 4 fully saturated rings. The molecule has 0 amide bonds. The molecular weight excluding hydrogens is 276 g/mol. The maximum absolute atomic E-state index is 6.67. The molecule has 4 aliphatic rings. The Bertz CT molecular complexity index is 411. The van der Waals surface area contributed by atoms with Crippen molar-refractivity contribution in [2.45, 2.75) is 102 Å². The molecular formula is C18H32N2O2. The molecule has 0 aliphatic carbocycles. The van der Waals surface area contributed by atoms with Gasteiger partial charge in [-0.15, -0.1) is 0 Å². The molecule has 0 N–H and O–H groups in total. The summed E-state index contributed by atoms with van der Waals surface area (Å²) in [6.07, 6.45) is 7.25. The lowest BCUT2D eigenvalue weighted by molar-refractivity contribution is -0.199. The summed E-state index contributed by atoms with van der Waals surface area (Å²) in [4.78, 5) is 5.30. The van der Waals surface area contributed by atoms with Gasteiger partial charge in [-0.2, -0.15) is 0 Å². The smallest absolute Gasteiger partial charge is 0.116 e. The Labute approximate surface area is 135 Å². The number of rotatable bonds is 4. The van der Waals surface area contributed by atoms with E-state index in [0.717, 1.165) is 25.2 Å². The summed E-state index contributed by atoms with van der Waals surface area (Å²) in [5, 5.41) is 0. The van der Waals surface area contributed by atoms with Gasteiger partial charge in [-0.25, -0.2) is 0 Å². The van der Waals surface area contributed by atoms with Crippen molar-refractivity contribution in [2.24, 2.45) is 0 Å². The Hall–Kier alpha value is -0.160. The van der Waals surface area contributed by atoms with Crippen molar-refractivity contribution < 1.29 is 9.47 Å². The fourth-order valence-electron chi connectivity index (χ4n) is 5.64. The van der Waals surface area contributed by atoms with E-state index in [4.69, 9.17) is 9.47 Å². The molecule has 4 nitrogen and oxygen atoms in total. The van der Waals surface area contributed by atoms with Gasteiger partial charge in [0.2, 0.25) is 0 Å². The predicted molar refractivity (Wildman–Crippen MR) is 86.8 cm³/mol. The van der Waals surface area contributed by atoms with Crippen LogP contribution in [0.25, 0.3) is 0 Å². The van der Waals surface area contributed by atoms with E-state index in [1.165, 1.54) is 32.1 Å². The molecule has 4 atom stereocenters. The van der Waals surface area contributed by atoms with Crippen LogP contribution in [0.4, 0.5) is 0 Å². The van der Waals surface area contributed by atoms with Crippen LogP contribution in [0.15, 0.2) is 0 Å². The molecule has 22 heavy (non-hydrogen) atoms. The van der Waals surface area contributed by atoms with E-state index in [0.29, 0.717) is 24.3 Å². The molecule has 126 valence electrons. The fraction of sp³-hybridized carbons (Fsp3) is 1.00. The van der Waals surface area contributed by atoms with Crippen LogP contribution in [0.2, 0.25) is 0 Å². The van der Waals surface area contributed by atoms with Crippen molar-refractivity contribution in [3.05, 3.63) is 0 Å². The molecule has 4 heterocycles. The van der Waals surface area contributed by atoms with E-state index in [1.807, 2.05) is 0 Å². The van der Waals surface area contributed by atoms with E-state index in [2.05, 4.69) is 37.5 Å². The number of hydrogen-bond donors (Lipinski definition) is 0. The first-order valence-corrected chi connectivity index (χ1v) is 9.27. The minimum absolute atomic E-state index is 0.146. The highest BCUT2D eigenvalue weighted by atomic mass is 16.5. The van der Waals surface area contributed by atoms with Gasteiger partial charge in [0, 0.05) is 30.7 Å². The second-order valence-corrected chi connectivity index (χ2v) is 8.58.